The van der Waals surface area contributed by atoms with Crippen LogP contribution in [0.1, 0.15) is 31.0 Å². The van der Waals surface area contributed by atoms with E-state index in [-0.39, 0.29) is 11.7 Å². The molecular weight excluding hydrogens is 214 g/mol. The zero-order valence-corrected chi connectivity index (χ0v) is 9.84. The van der Waals surface area contributed by atoms with E-state index in [1.807, 2.05) is 0 Å². The second-order valence-corrected chi connectivity index (χ2v) is 4.44. The number of imidazole rings is 1. The van der Waals surface area contributed by atoms with Crippen molar-refractivity contribution in [1.82, 2.24) is 14.5 Å². The summed E-state index contributed by atoms with van der Waals surface area (Å²) < 4.78 is 3.14. The average Bonchev–Trinajstić information content (AvgIpc) is 2.45. The quantitative estimate of drug-likeness (QED) is 0.786. The summed E-state index contributed by atoms with van der Waals surface area (Å²) >= 11 is 6.15. The molecule has 2 rings (SSSR count). The summed E-state index contributed by atoms with van der Waals surface area (Å²) in [5.74, 6) is 0. The number of hydrogen-bond donors (Lipinski definition) is 1. The zero-order chi connectivity index (χ0) is 11.0. The number of halogens is 1. The van der Waals surface area contributed by atoms with E-state index in [2.05, 4.69) is 5.32 Å². The van der Waals surface area contributed by atoms with Crippen molar-refractivity contribution in [2.45, 2.75) is 25.3 Å². The minimum atomic E-state index is -0.0534. The molecule has 1 fully saturated rings. The minimum absolute atomic E-state index is 0.0534. The Kier molecular flexibility index (Phi) is 2.89. The first kappa shape index (κ1) is 10.8. The van der Waals surface area contributed by atoms with Gasteiger partial charge in [0.15, 0.2) is 0 Å². The highest BCUT2D eigenvalue weighted by molar-refractivity contribution is 6.30. The predicted molar refractivity (Wildman–Crippen MR) is 60.3 cm³/mol. The van der Waals surface area contributed by atoms with E-state index in [9.17, 15) is 4.79 Å². The van der Waals surface area contributed by atoms with Gasteiger partial charge in [-0.15, -0.1) is 0 Å². The van der Waals surface area contributed by atoms with Crippen molar-refractivity contribution in [3.05, 3.63) is 21.3 Å². The second kappa shape index (κ2) is 4.02. The Hall–Kier alpha value is -0.740. The van der Waals surface area contributed by atoms with Crippen LogP contribution in [0, 0.1) is 0 Å². The van der Waals surface area contributed by atoms with Crippen LogP contribution in [-0.4, -0.2) is 15.7 Å². The molecule has 0 saturated carbocycles. The fourth-order valence-corrected chi connectivity index (χ4v) is 2.52. The van der Waals surface area contributed by atoms with Gasteiger partial charge in [-0.25, -0.2) is 4.79 Å². The van der Waals surface area contributed by atoms with Crippen LogP contribution in [0.2, 0.25) is 5.15 Å². The summed E-state index contributed by atoms with van der Waals surface area (Å²) in [5, 5.41) is 3.96. The molecule has 1 unspecified atom stereocenters. The van der Waals surface area contributed by atoms with Gasteiger partial charge in [0.2, 0.25) is 0 Å². The Labute approximate surface area is 93.8 Å². The van der Waals surface area contributed by atoms with Crippen LogP contribution in [0.3, 0.4) is 0 Å². The molecule has 1 saturated heterocycles. The van der Waals surface area contributed by atoms with E-state index < -0.39 is 0 Å². The van der Waals surface area contributed by atoms with Gasteiger partial charge in [-0.3, -0.25) is 9.13 Å². The Morgan fingerprint density at radius 1 is 1.33 bits per heavy atom. The topological polar surface area (TPSA) is 39.0 Å². The molecule has 0 bridgehead atoms. The maximum atomic E-state index is 11.7. The highest BCUT2D eigenvalue weighted by Gasteiger charge is 2.23. The highest BCUT2D eigenvalue weighted by Crippen LogP contribution is 2.27. The number of piperidine rings is 1. The molecule has 4 nitrogen and oxygen atoms in total. The Bertz CT molecular complexity index is 415. The van der Waals surface area contributed by atoms with Crippen LogP contribution < -0.4 is 11.0 Å². The van der Waals surface area contributed by atoms with Gasteiger partial charge in [0, 0.05) is 14.1 Å². The van der Waals surface area contributed by atoms with E-state index in [1.54, 1.807) is 18.7 Å². The van der Waals surface area contributed by atoms with E-state index in [4.69, 9.17) is 11.6 Å². The van der Waals surface area contributed by atoms with Crippen LogP contribution in [0.15, 0.2) is 4.79 Å². The summed E-state index contributed by atoms with van der Waals surface area (Å²) in [6.07, 6.45) is 3.45. The molecule has 5 heteroatoms. The normalized spacial score (nSPS) is 21.9. The van der Waals surface area contributed by atoms with Crippen molar-refractivity contribution in [3.8, 4) is 0 Å². The molecule has 0 aromatic carbocycles. The van der Waals surface area contributed by atoms with Gasteiger partial charge in [-0.1, -0.05) is 18.0 Å². The molecule has 0 aliphatic carbocycles. The fourth-order valence-electron chi connectivity index (χ4n) is 2.18. The molecule has 2 heterocycles. The van der Waals surface area contributed by atoms with Gasteiger partial charge in [0.05, 0.1) is 11.7 Å². The van der Waals surface area contributed by atoms with E-state index >= 15 is 0 Å². The monoisotopic (exact) mass is 229 g/mol. The lowest BCUT2D eigenvalue weighted by Crippen LogP contribution is -2.30. The Morgan fingerprint density at radius 2 is 2.07 bits per heavy atom. The molecule has 1 atom stereocenters. The van der Waals surface area contributed by atoms with Crippen molar-refractivity contribution in [2.75, 3.05) is 6.54 Å². The van der Waals surface area contributed by atoms with Crippen molar-refractivity contribution >= 4 is 11.6 Å². The molecule has 0 radical (unpaired) electrons. The lowest BCUT2D eigenvalue weighted by atomic mass is 10.0. The molecule has 1 N–H and O–H groups in total. The third-order valence-corrected chi connectivity index (χ3v) is 3.53. The molecule has 1 aliphatic rings. The lowest BCUT2D eigenvalue weighted by molar-refractivity contribution is 0.397. The lowest BCUT2D eigenvalue weighted by Gasteiger charge is -2.23. The van der Waals surface area contributed by atoms with Gasteiger partial charge in [-0.05, 0) is 19.4 Å². The van der Waals surface area contributed by atoms with Crippen LogP contribution in [0.4, 0.5) is 0 Å². The number of hydrogen-bond acceptors (Lipinski definition) is 2. The minimum Gasteiger partial charge on any atom is -0.309 e. The third kappa shape index (κ3) is 1.72. The molecule has 15 heavy (non-hydrogen) atoms. The molecular formula is C10H16ClN3O. The summed E-state index contributed by atoms with van der Waals surface area (Å²) in [6, 6.07) is 0.227. The first-order chi connectivity index (χ1) is 7.13. The molecule has 0 amide bonds. The smallest absolute Gasteiger partial charge is 0.309 e. The SMILES string of the molecule is Cn1c(Cl)c(C2CCCCN2)n(C)c1=O. The van der Waals surface area contributed by atoms with Gasteiger partial charge in [0.1, 0.15) is 5.15 Å². The first-order valence-corrected chi connectivity index (χ1v) is 5.65. The fraction of sp³-hybridized carbons (Fsp3) is 0.700. The maximum Gasteiger partial charge on any atom is 0.329 e. The maximum absolute atomic E-state index is 11.7. The van der Waals surface area contributed by atoms with E-state index in [1.165, 1.54) is 17.4 Å². The van der Waals surface area contributed by atoms with Gasteiger partial charge in [-0.2, -0.15) is 0 Å². The summed E-state index contributed by atoms with van der Waals surface area (Å²) in [5.41, 5.74) is 0.867. The molecule has 1 aromatic heterocycles. The largest absolute Gasteiger partial charge is 0.329 e. The Balaban J connectivity index is 2.42. The van der Waals surface area contributed by atoms with E-state index in [0.29, 0.717) is 5.15 Å². The van der Waals surface area contributed by atoms with Gasteiger partial charge in [0.25, 0.3) is 0 Å². The number of aromatic nitrogens is 2. The van der Waals surface area contributed by atoms with E-state index in [0.717, 1.165) is 18.7 Å². The molecule has 1 aromatic rings. The van der Waals surface area contributed by atoms with Crippen molar-refractivity contribution in [3.63, 3.8) is 0 Å². The first-order valence-electron chi connectivity index (χ1n) is 5.27. The summed E-state index contributed by atoms with van der Waals surface area (Å²) in [4.78, 5) is 11.7. The van der Waals surface area contributed by atoms with Crippen molar-refractivity contribution < 1.29 is 0 Å². The third-order valence-electron chi connectivity index (χ3n) is 3.08. The van der Waals surface area contributed by atoms with Crippen LogP contribution in [-0.2, 0) is 14.1 Å². The van der Waals surface area contributed by atoms with Gasteiger partial charge >= 0.3 is 5.69 Å². The molecule has 0 spiro atoms. The number of nitrogens with one attached hydrogen (secondary N) is 1. The van der Waals surface area contributed by atoms with Crippen LogP contribution >= 0.6 is 11.6 Å². The number of nitrogens with zero attached hydrogens (tertiary/aromatic N) is 2. The summed E-state index contributed by atoms with van der Waals surface area (Å²) in [7, 11) is 3.48. The highest BCUT2D eigenvalue weighted by atomic mass is 35.5. The average molecular weight is 230 g/mol. The van der Waals surface area contributed by atoms with Crippen molar-refractivity contribution in [2.24, 2.45) is 14.1 Å². The molecule has 1 aliphatic heterocycles. The predicted octanol–water partition coefficient (Wildman–Crippen LogP) is 1.19. The van der Waals surface area contributed by atoms with Gasteiger partial charge < -0.3 is 5.32 Å². The van der Waals surface area contributed by atoms with Crippen molar-refractivity contribution in [1.29, 1.82) is 0 Å². The van der Waals surface area contributed by atoms with Crippen LogP contribution in [0.25, 0.3) is 0 Å². The number of rotatable bonds is 1. The summed E-state index contributed by atoms with van der Waals surface area (Å²) in [6.45, 7) is 1.00. The second-order valence-electron chi connectivity index (χ2n) is 4.08. The van der Waals surface area contributed by atoms with Crippen LogP contribution in [0.5, 0.6) is 0 Å². The molecule has 84 valence electrons. The Morgan fingerprint density at radius 3 is 2.53 bits per heavy atom. The standard InChI is InChI=1S/C10H16ClN3O/c1-13-8(7-5-3-4-6-12-7)9(11)14(2)10(13)15/h7,12H,3-6H2,1-2H3. The zero-order valence-electron chi connectivity index (χ0n) is 9.09.